The van der Waals surface area contributed by atoms with Gasteiger partial charge in [-0.15, -0.1) is 0 Å². The van der Waals surface area contributed by atoms with Crippen LogP contribution in [0.3, 0.4) is 0 Å². The van der Waals surface area contributed by atoms with Crippen molar-refractivity contribution in [2.24, 2.45) is 0 Å². The van der Waals surface area contributed by atoms with Crippen LogP contribution in [-0.2, 0) is 0 Å². The van der Waals surface area contributed by atoms with E-state index in [-0.39, 0.29) is 4.83 Å². The minimum absolute atomic E-state index is 0.111. The van der Waals surface area contributed by atoms with Crippen molar-refractivity contribution in [2.45, 2.75) is 11.8 Å². The van der Waals surface area contributed by atoms with Gasteiger partial charge in [0.15, 0.2) is 4.67 Å². The highest BCUT2D eigenvalue weighted by Gasteiger charge is 2.16. The van der Waals surface area contributed by atoms with Crippen molar-refractivity contribution in [3.8, 4) is 5.75 Å². The lowest BCUT2D eigenvalue weighted by molar-refractivity contribution is 0.411. The van der Waals surface area contributed by atoms with Crippen LogP contribution in [-0.4, -0.2) is 7.11 Å². The molecule has 1 aromatic heterocycles. The van der Waals surface area contributed by atoms with Gasteiger partial charge in [0.2, 0.25) is 0 Å². The first-order valence-electron chi connectivity index (χ1n) is 5.15. The Bertz CT molecular complexity index is 520. The fourth-order valence-electron chi connectivity index (χ4n) is 1.72. The third kappa shape index (κ3) is 2.58. The molecule has 0 saturated carbocycles. The zero-order valence-corrected chi connectivity index (χ0v) is 12.7. The van der Waals surface area contributed by atoms with Gasteiger partial charge < -0.3 is 9.15 Å². The molecule has 1 aromatic carbocycles. The van der Waals surface area contributed by atoms with Crippen LogP contribution >= 0.6 is 31.9 Å². The first kappa shape index (κ1) is 12.7. The summed E-state index contributed by atoms with van der Waals surface area (Å²) in [7, 11) is 1.68. The van der Waals surface area contributed by atoms with E-state index in [1.54, 1.807) is 13.4 Å². The summed E-state index contributed by atoms with van der Waals surface area (Å²) in [5.74, 6) is 0.903. The molecule has 0 bridgehead atoms. The molecule has 17 heavy (non-hydrogen) atoms. The van der Waals surface area contributed by atoms with Crippen molar-refractivity contribution in [3.63, 3.8) is 0 Å². The molecule has 0 aliphatic rings. The summed E-state index contributed by atoms with van der Waals surface area (Å²) in [5.41, 5.74) is 3.37. The molecule has 0 spiro atoms. The van der Waals surface area contributed by atoms with E-state index >= 15 is 0 Å². The lowest BCUT2D eigenvalue weighted by Crippen LogP contribution is -1.94. The molecule has 1 unspecified atom stereocenters. The highest BCUT2D eigenvalue weighted by atomic mass is 79.9. The standard InChI is InChI=1S/C13H12Br2O2/c1-8-7-9(3-4-11(8)16-2)12(14)10-5-6-17-13(10)15/h3-7,12H,1-2H3. The van der Waals surface area contributed by atoms with Crippen LogP contribution in [0.4, 0.5) is 0 Å². The minimum atomic E-state index is 0.111. The Morgan fingerprint density at radius 2 is 2.06 bits per heavy atom. The number of alkyl halides is 1. The fourth-order valence-corrected chi connectivity index (χ4v) is 3.15. The van der Waals surface area contributed by atoms with Crippen molar-refractivity contribution in [1.29, 1.82) is 0 Å². The number of furan rings is 1. The van der Waals surface area contributed by atoms with E-state index in [1.165, 1.54) is 5.56 Å². The number of rotatable bonds is 3. The van der Waals surface area contributed by atoms with Crippen LogP contribution in [0.1, 0.15) is 21.5 Å². The number of hydrogen-bond donors (Lipinski definition) is 0. The second kappa shape index (κ2) is 5.27. The predicted octanol–water partition coefficient (Wildman–Crippen LogP) is 4.84. The second-order valence-electron chi connectivity index (χ2n) is 3.74. The normalized spacial score (nSPS) is 12.5. The number of methoxy groups -OCH3 is 1. The highest BCUT2D eigenvalue weighted by molar-refractivity contribution is 9.10. The maximum absolute atomic E-state index is 5.25. The molecular formula is C13H12Br2O2. The largest absolute Gasteiger partial charge is 0.496 e. The summed E-state index contributed by atoms with van der Waals surface area (Å²) < 4.78 is 11.3. The number of hydrogen-bond acceptors (Lipinski definition) is 2. The molecule has 0 radical (unpaired) electrons. The van der Waals surface area contributed by atoms with Gasteiger partial charge in [-0.25, -0.2) is 0 Å². The van der Waals surface area contributed by atoms with Crippen LogP contribution in [0.25, 0.3) is 0 Å². The van der Waals surface area contributed by atoms with E-state index < -0.39 is 0 Å². The van der Waals surface area contributed by atoms with E-state index in [9.17, 15) is 0 Å². The van der Waals surface area contributed by atoms with Gasteiger partial charge in [-0.3, -0.25) is 0 Å². The fraction of sp³-hybridized carbons (Fsp3) is 0.231. The van der Waals surface area contributed by atoms with E-state index in [4.69, 9.17) is 9.15 Å². The third-order valence-electron chi connectivity index (χ3n) is 2.63. The summed E-state index contributed by atoms with van der Waals surface area (Å²) >= 11 is 7.06. The summed E-state index contributed by atoms with van der Waals surface area (Å²) in [4.78, 5) is 0.111. The van der Waals surface area contributed by atoms with Gasteiger partial charge in [-0.05, 0) is 46.1 Å². The molecule has 4 heteroatoms. The van der Waals surface area contributed by atoms with Crippen molar-refractivity contribution >= 4 is 31.9 Å². The van der Waals surface area contributed by atoms with E-state index in [0.717, 1.165) is 21.5 Å². The lowest BCUT2D eigenvalue weighted by atomic mass is 10.0. The first-order valence-corrected chi connectivity index (χ1v) is 6.86. The number of ether oxygens (including phenoxy) is 1. The molecule has 0 N–H and O–H groups in total. The number of benzene rings is 1. The van der Waals surface area contributed by atoms with Crippen molar-refractivity contribution in [3.05, 3.63) is 51.9 Å². The Morgan fingerprint density at radius 3 is 2.59 bits per heavy atom. The molecule has 1 heterocycles. The van der Waals surface area contributed by atoms with Gasteiger partial charge >= 0.3 is 0 Å². The predicted molar refractivity (Wildman–Crippen MR) is 74.9 cm³/mol. The number of aryl methyl sites for hydroxylation is 1. The van der Waals surface area contributed by atoms with Gasteiger partial charge in [0, 0.05) is 5.56 Å². The average molecular weight is 360 g/mol. The van der Waals surface area contributed by atoms with Gasteiger partial charge in [-0.2, -0.15) is 0 Å². The molecule has 0 aliphatic heterocycles. The van der Waals surface area contributed by atoms with Gasteiger partial charge in [0.25, 0.3) is 0 Å². The smallest absolute Gasteiger partial charge is 0.173 e. The second-order valence-corrected chi connectivity index (χ2v) is 5.38. The molecule has 2 aromatic rings. The first-order chi connectivity index (χ1) is 8.13. The van der Waals surface area contributed by atoms with Crippen LogP contribution < -0.4 is 4.74 Å². The highest BCUT2D eigenvalue weighted by Crippen LogP contribution is 2.37. The molecule has 0 fully saturated rings. The molecular weight excluding hydrogens is 348 g/mol. The molecule has 0 saturated heterocycles. The molecule has 90 valence electrons. The van der Waals surface area contributed by atoms with Gasteiger partial charge in [0.05, 0.1) is 18.2 Å². The van der Waals surface area contributed by atoms with E-state index in [1.807, 2.05) is 25.1 Å². The summed E-state index contributed by atoms with van der Waals surface area (Å²) in [6, 6.07) is 8.08. The molecule has 0 aliphatic carbocycles. The molecule has 2 nitrogen and oxygen atoms in total. The van der Waals surface area contributed by atoms with Crippen molar-refractivity contribution in [1.82, 2.24) is 0 Å². The zero-order chi connectivity index (χ0) is 12.4. The summed E-state index contributed by atoms with van der Waals surface area (Å²) in [6.07, 6.45) is 1.67. The minimum Gasteiger partial charge on any atom is -0.496 e. The maximum atomic E-state index is 5.25. The topological polar surface area (TPSA) is 22.4 Å². The van der Waals surface area contributed by atoms with E-state index in [2.05, 4.69) is 37.9 Å². The Balaban J connectivity index is 2.35. The molecule has 2 rings (SSSR count). The quantitative estimate of drug-likeness (QED) is 0.731. The summed E-state index contributed by atoms with van der Waals surface area (Å²) in [5, 5.41) is 0. The van der Waals surface area contributed by atoms with Gasteiger partial charge in [-0.1, -0.05) is 28.1 Å². The Morgan fingerprint density at radius 1 is 1.29 bits per heavy atom. The SMILES string of the molecule is COc1ccc(C(Br)c2ccoc2Br)cc1C. The van der Waals surface area contributed by atoms with Crippen LogP contribution in [0.2, 0.25) is 0 Å². The number of halogens is 2. The Hall–Kier alpha value is -0.740. The lowest BCUT2D eigenvalue weighted by Gasteiger charge is -2.12. The third-order valence-corrected chi connectivity index (χ3v) is 4.30. The van der Waals surface area contributed by atoms with E-state index in [0.29, 0.717) is 0 Å². The zero-order valence-electron chi connectivity index (χ0n) is 9.54. The Labute approximate surface area is 117 Å². The molecule has 0 amide bonds. The van der Waals surface area contributed by atoms with Crippen LogP contribution in [0.5, 0.6) is 5.75 Å². The monoisotopic (exact) mass is 358 g/mol. The average Bonchev–Trinajstić information content (AvgIpc) is 2.74. The van der Waals surface area contributed by atoms with Crippen molar-refractivity contribution in [2.75, 3.05) is 7.11 Å². The van der Waals surface area contributed by atoms with Crippen LogP contribution in [0, 0.1) is 6.92 Å². The maximum Gasteiger partial charge on any atom is 0.173 e. The summed E-state index contributed by atoms with van der Waals surface area (Å²) in [6.45, 7) is 2.03. The van der Waals surface area contributed by atoms with Crippen LogP contribution in [0.15, 0.2) is 39.6 Å². The Kier molecular flexibility index (Phi) is 3.94. The molecule has 1 atom stereocenters. The van der Waals surface area contributed by atoms with Crippen molar-refractivity contribution < 1.29 is 9.15 Å². The van der Waals surface area contributed by atoms with Gasteiger partial charge in [0.1, 0.15) is 5.75 Å².